The molecule has 1 aromatic carbocycles. The summed E-state index contributed by atoms with van der Waals surface area (Å²) >= 11 is 0. The van der Waals surface area contributed by atoms with Gasteiger partial charge in [0.1, 0.15) is 5.75 Å². The van der Waals surface area contributed by atoms with Gasteiger partial charge in [0.05, 0.1) is 18.0 Å². The molecule has 1 fully saturated rings. The number of aryl methyl sites for hydroxylation is 1. The van der Waals surface area contributed by atoms with Gasteiger partial charge >= 0.3 is 0 Å². The first-order valence-corrected chi connectivity index (χ1v) is 8.74. The molecule has 1 aliphatic heterocycles. The Morgan fingerprint density at radius 2 is 2.00 bits per heavy atom. The van der Waals surface area contributed by atoms with Gasteiger partial charge in [-0.15, -0.1) is 0 Å². The minimum absolute atomic E-state index is 0.213. The fourth-order valence-corrected chi connectivity index (χ4v) is 3.53. The van der Waals surface area contributed by atoms with Crippen molar-refractivity contribution in [2.75, 3.05) is 18.0 Å². The lowest BCUT2D eigenvalue weighted by atomic mass is 10.0. The van der Waals surface area contributed by atoms with Crippen molar-refractivity contribution in [1.82, 2.24) is 14.4 Å². The van der Waals surface area contributed by atoms with Crippen molar-refractivity contribution in [2.24, 2.45) is 0 Å². The van der Waals surface area contributed by atoms with Crippen LogP contribution in [0.3, 0.4) is 0 Å². The normalized spacial score (nSPS) is 15.8. The number of aliphatic hydroxyl groups is 1. The molecule has 0 amide bonds. The first-order valence-electron chi connectivity index (χ1n) is 8.74. The highest BCUT2D eigenvalue weighted by Crippen LogP contribution is 2.30. The fraction of sp³-hybridized carbons (Fsp3) is 0.368. The molecule has 25 heavy (non-hydrogen) atoms. The maximum atomic E-state index is 9.76. The van der Waals surface area contributed by atoms with Gasteiger partial charge in [0.15, 0.2) is 11.5 Å². The highest BCUT2D eigenvalue weighted by Gasteiger charge is 2.21. The number of phenolic OH excluding ortho intramolecular Hbond substituents is 1. The first kappa shape index (κ1) is 15.9. The number of aliphatic hydroxyl groups excluding tert-OH is 1. The summed E-state index contributed by atoms with van der Waals surface area (Å²) in [5.41, 5.74) is 3.97. The number of imidazole rings is 1. The monoisotopic (exact) mass is 338 g/mol. The smallest absolute Gasteiger partial charge is 0.180 e. The van der Waals surface area contributed by atoms with E-state index >= 15 is 0 Å². The van der Waals surface area contributed by atoms with Gasteiger partial charge in [-0.05, 0) is 43.0 Å². The zero-order chi connectivity index (χ0) is 17.4. The molecule has 1 aliphatic rings. The van der Waals surface area contributed by atoms with E-state index in [0.717, 1.165) is 60.6 Å². The number of fused-ring (bicyclic) bond motifs is 1. The van der Waals surface area contributed by atoms with Crippen LogP contribution in [0.4, 0.5) is 5.82 Å². The van der Waals surface area contributed by atoms with Crippen LogP contribution < -0.4 is 4.90 Å². The summed E-state index contributed by atoms with van der Waals surface area (Å²) in [6, 6.07) is 5.46. The first-order chi connectivity index (χ1) is 12.2. The lowest BCUT2D eigenvalue weighted by molar-refractivity contribution is 0.145. The van der Waals surface area contributed by atoms with Crippen LogP contribution in [0.15, 0.2) is 36.8 Å². The molecule has 2 aromatic heterocycles. The Labute approximate surface area is 146 Å². The predicted octanol–water partition coefficient (Wildman–Crippen LogP) is 2.63. The topological polar surface area (TPSA) is 73.9 Å². The van der Waals surface area contributed by atoms with Crippen LogP contribution in [-0.4, -0.2) is 43.8 Å². The van der Waals surface area contributed by atoms with E-state index in [1.807, 2.05) is 24.5 Å². The molecule has 130 valence electrons. The van der Waals surface area contributed by atoms with Crippen LogP contribution in [0.25, 0.3) is 16.9 Å². The number of nitrogens with zero attached hydrogens (tertiary/aromatic N) is 4. The second kappa shape index (κ2) is 6.37. The van der Waals surface area contributed by atoms with Crippen molar-refractivity contribution in [3.05, 3.63) is 42.4 Å². The zero-order valence-corrected chi connectivity index (χ0v) is 14.3. The standard InChI is InChI=1S/C19H22N4O2/c1-2-13-11-15(25)3-4-16(13)17-12-21-19-18(20-7-10-23(17)19)22-8-5-14(24)6-9-22/h3-4,7,10-12,14,24-25H,2,5-6,8-9H2,1H3. The van der Waals surface area contributed by atoms with Gasteiger partial charge in [-0.1, -0.05) is 6.92 Å². The van der Waals surface area contributed by atoms with Gasteiger partial charge in [-0.3, -0.25) is 4.40 Å². The second-order valence-corrected chi connectivity index (χ2v) is 6.50. The Balaban J connectivity index is 1.80. The second-order valence-electron chi connectivity index (χ2n) is 6.50. The van der Waals surface area contributed by atoms with E-state index in [1.54, 1.807) is 12.3 Å². The molecular formula is C19H22N4O2. The van der Waals surface area contributed by atoms with E-state index < -0.39 is 0 Å². The van der Waals surface area contributed by atoms with Gasteiger partial charge in [-0.2, -0.15) is 0 Å². The fourth-order valence-electron chi connectivity index (χ4n) is 3.53. The van der Waals surface area contributed by atoms with Gasteiger partial charge in [0.25, 0.3) is 0 Å². The third kappa shape index (κ3) is 2.82. The predicted molar refractivity (Wildman–Crippen MR) is 96.9 cm³/mol. The number of phenols is 1. The summed E-state index contributed by atoms with van der Waals surface area (Å²) in [6.45, 7) is 3.65. The molecule has 2 N–H and O–H groups in total. The Morgan fingerprint density at radius 1 is 1.20 bits per heavy atom. The molecule has 0 spiro atoms. The maximum Gasteiger partial charge on any atom is 0.180 e. The largest absolute Gasteiger partial charge is 0.508 e. The summed E-state index contributed by atoms with van der Waals surface area (Å²) < 4.78 is 2.05. The lowest BCUT2D eigenvalue weighted by Crippen LogP contribution is -2.36. The summed E-state index contributed by atoms with van der Waals surface area (Å²) in [5.74, 6) is 1.14. The summed E-state index contributed by atoms with van der Waals surface area (Å²) in [6.07, 6.45) is 7.72. The van der Waals surface area contributed by atoms with E-state index in [4.69, 9.17) is 0 Å². The zero-order valence-electron chi connectivity index (χ0n) is 14.3. The molecule has 0 atom stereocenters. The van der Waals surface area contributed by atoms with Crippen LogP contribution in [0.5, 0.6) is 5.75 Å². The minimum Gasteiger partial charge on any atom is -0.508 e. The Morgan fingerprint density at radius 3 is 2.76 bits per heavy atom. The van der Waals surface area contributed by atoms with Crippen molar-refractivity contribution in [1.29, 1.82) is 0 Å². The molecule has 6 nitrogen and oxygen atoms in total. The van der Waals surface area contributed by atoms with Crippen molar-refractivity contribution in [3.8, 4) is 17.0 Å². The molecule has 6 heteroatoms. The van der Waals surface area contributed by atoms with E-state index in [0.29, 0.717) is 0 Å². The molecule has 4 rings (SSSR count). The van der Waals surface area contributed by atoms with E-state index in [9.17, 15) is 10.2 Å². The van der Waals surface area contributed by atoms with Gasteiger partial charge in [-0.25, -0.2) is 9.97 Å². The molecule has 0 radical (unpaired) electrons. The number of hydrogen-bond acceptors (Lipinski definition) is 5. The number of benzene rings is 1. The average molecular weight is 338 g/mol. The highest BCUT2D eigenvalue weighted by molar-refractivity contribution is 5.73. The van der Waals surface area contributed by atoms with Crippen LogP contribution in [0, 0.1) is 0 Å². The van der Waals surface area contributed by atoms with E-state index in [-0.39, 0.29) is 11.9 Å². The van der Waals surface area contributed by atoms with Crippen molar-refractivity contribution in [3.63, 3.8) is 0 Å². The molecule has 3 aromatic rings. The molecular weight excluding hydrogens is 316 g/mol. The number of rotatable bonds is 3. The van der Waals surface area contributed by atoms with Gasteiger partial charge < -0.3 is 15.1 Å². The molecule has 0 saturated carbocycles. The molecule has 0 aliphatic carbocycles. The minimum atomic E-state index is -0.213. The van der Waals surface area contributed by atoms with Crippen molar-refractivity contribution < 1.29 is 10.2 Å². The van der Waals surface area contributed by atoms with Crippen LogP contribution in [0.2, 0.25) is 0 Å². The Bertz CT molecular complexity index is 898. The number of aromatic hydroxyl groups is 1. The third-order valence-corrected chi connectivity index (χ3v) is 4.92. The Hall–Kier alpha value is -2.60. The van der Waals surface area contributed by atoms with E-state index in [1.165, 1.54) is 0 Å². The summed E-state index contributed by atoms with van der Waals surface area (Å²) in [4.78, 5) is 11.4. The quantitative estimate of drug-likeness (QED) is 0.768. The van der Waals surface area contributed by atoms with Crippen LogP contribution in [0.1, 0.15) is 25.3 Å². The summed E-state index contributed by atoms with van der Waals surface area (Å²) in [7, 11) is 0. The number of piperidine rings is 1. The Kier molecular flexibility index (Phi) is 4.05. The van der Waals surface area contributed by atoms with Gasteiger partial charge in [0, 0.05) is 31.0 Å². The third-order valence-electron chi connectivity index (χ3n) is 4.92. The molecule has 1 saturated heterocycles. The van der Waals surface area contributed by atoms with Crippen LogP contribution >= 0.6 is 0 Å². The molecule has 0 bridgehead atoms. The van der Waals surface area contributed by atoms with Crippen LogP contribution in [-0.2, 0) is 6.42 Å². The lowest BCUT2D eigenvalue weighted by Gasteiger charge is -2.30. The maximum absolute atomic E-state index is 9.76. The molecule has 3 heterocycles. The number of hydrogen-bond donors (Lipinski definition) is 2. The number of anilines is 1. The van der Waals surface area contributed by atoms with Crippen molar-refractivity contribution >= 4 is 11.5 Å². The average Bonchev–Trinajstić information content (AvgIpc) is 3.06. The highest BCUT2D eigenvalue weighted by atomic mass is 16.3. The van der Waals surface area contributed by atoms with Gasteiger partial charge in [0.2, 0.25) is 0 Å². The molecule has 0 unspecified atom stereocenters. The summed E-state index contributed by atoms with van der Waals surface area (Å²) in [5, 5.41) is 19.5. The van der Waals surface area contributed by atoms with E-state index in [2.05, 4.69) is 26.2 Å². The SMILES string of the molecule is CCc1cc(O)ccc1-c1cnc2c(N3CCC(O)CC3)nccn12. The number of aromatic nitrogens is 3. The van der Waals surface area contributed by atoms with Crippen molar-refractivity contribution in [2.45, 2.75) is 32.3 Å².